The third kappa shape index (κ3) is 2.44. The Bertz CT molecular complexity index is 540. The zero-order valence-electron chi connectivity index (χ0n) is 7.85. The Kier molecular flexibility index (Phi) is 3.60. The van der Waals surface area contributed by atoms with E-state index in [-0.39, 0.29) is 0 Å². The molecule has 0 unspecified atom stereocenters. The Morgan fingerprint density at radius 2 is 1.50 bits per heavy atom. The monoisotopic (exact) mass is 291 g/mol. The van der Waals surface area contributed by atoms with Crippen molar-refractivity contribution in [3.63, 3.8) is 0 Å². The van der Waals surface area contributed by atoms with Crippen LogP contribution in [-0.4, -0.2) is 4.98 Å². The number of rotatable bonds is 1. The van der Waals surface area contributed by atoms with Crippen LogP contribution in [0.25, 0.3) is 11.1 Å². The molecule has 0 atom stereocenters. The minimum atomic E-state index is 0.402. The average molecular weight is 293 g/mol. The first kappa shape index (κ1) is 12.0. The van der Waals surface area contributed by atoms with Gasteiger partial charge < -0.3 is 0 Å². The largest absolute Gasteiger partial charge is 0.245 e. The maximum absolute atomic E-state index is 6.08. The third-order valence-corrected chi connectivity index (χ3v) is 3.29. The van der Waals surface area contributed by atoms with Gasteiger partial charge in [0.1, 0.15) is 5.15 Å². The van der Waals surface area contributed by atoms with Gasteiger partial charge in [-0.15, -0.1) is 0 Å². The van der Waals surface area contributed by atoms with Crippen molar-refractivity contribution in [1.82, 2.24) is 4.98 Å². The fourth-order valence-corrected chi connectivity index (χ4v) is 2.14. The van der Waals surface area contributed by atoms with E-state index >= 15 is 0 Å². The van der Waals surface area contributed by atoms with E-state index in [9.17, 15) is 0 Å². The lowest BCUT2D eigenvalue weighted by Gasteiger charge is -2.06. The van der Waals surface area contributed by atoms with Gasteiger partial charge in [0.15, 0.2) is 0 Å². The second-order valence-corrected chi connectivity index (χ2v) is 4.72. The predicted octanol–water partition coefficient (Wildman–Crippen LogP) is 5.36. The molecule has 0 spiro atoms. The van der Waals surface area contributed by atoms with Gasteiger partial charge in [0, 0.05) is 16.8 Å². The molecule has 1 aromatic heterocycles. The number of aromatic nitrogens is 1. The van der Waals surface area contributed by atoms with Crippen LogP contribution in [0.5, 0.6) is 0 Å². The van der Waals surface area contributed by atoms with Crippen molar-refractivity contribution in [3.05, 3.63) is 50.7 Å². The van der Waals surface area contributed by atoms with Crippen LogP contribution >= 0.6 is 46.4 Å². The SMILES string of the molecule is Clc1cc(-c2cc(Cl)c(Cl)cc2Cl)ccn1. The number of hydrogen-bond donors (Lipinski definition) is 0. The molecule has 0 fully saturated rings. The summed E-state index contributed by atoms with van der Waals surface area (Å²) in [6.45, 7) is 0. The number of hydrogen-bond acceptors (Lipinski definition) is 1. The van der Waals surface area contributed by atoms with Gasteiger partial charge in [-0.25, -0.2) is 4.98 Å². The summed E-state index contributed by atoms with van der Waals surface area (Å²) in [7, 11) is 0. The third-order valence-electron chi connectivity index (χ3n) is 2.05. The molecule has 0 saturated heterocycles. The Hall–Kier alpha value is -0.470. The molecule has 0 N–H and O–H groups in total. The number of pyridine rings is 1. The second kappa shape index (κ2) is 4.80. The lowest BCUT2D eigenvalue weighted by Crippen LogP contribution is -1.83. The van der Waals surface area contributed by atoms with Gasteiger partial charge in [-0.05, 0) is 29.8 Å². The van der Waals surface area contributed by atoms with Crippen LogP contribution < -0.4 is 0 Å². The molecule has 0 aliphatic heterocycles. The highest BCUT2D eigenvalue weighted by atomic mass is 35.5. The maximum Gasteiger partial charge on any atom is 0.129 e. The molecule has 0 aliphatic carbocycles. The maximum atomic E-state index is 6.08. The molecule has 0 amide bonds. The normalized spacial score (nSPS) is 10.5. The van der Waals surface area contributed by atoms with Crippen molar-refractivity contribution in [1.29, 1.82) is 0 Å². The van der Waals surface area contributed by atoms with Crippen molar-refractivity contribution in [2.75, 3.05) is 0 Å². The van der Waals surface area contributed by atoms with Gasteiger partial charge in [0.25, 0.3) is 0 Å². The molecule has 2 rings (SSSR count). The Morgan fingerprint density at radius 3 is 2.19 bits per heavy atom. The van der Waals surface area contributed by atoms with Crippen LogP contribution in [0.3, 0.4) is 0 Å². The van der Waals surface area contributed by atoms with Crippen molar-refractivity contribution in [3.8, 4) is 11.1 Å². The molecule has 0 aliphatic rings. The second-order valence-electron chi connectivity index (χ2n) is 3.11. The van der Waals surface area contributed by atoms with E-state index in [2.05, 4.69) is 4.98 Å². The molecular formula is C11H5Cl4N. The predicted molar refractivity (Wildman–Crippen MR) is 69.7 cm³/mol. The van der Waals surface area contributed by atoms with Gasteiger partial charge in [-0.2, -0.15) is 0 Å². The summed E-state index contributed by atoms with van der Waals surface area (Å²) in [6, 6.07) is 6.83. The van der Waals surface area contributed by atoms with Crippen molar-refractivity contribution < 1.29 is 0 Å². The highest BCUT2D eigenvalue weighted by molar-refractivity contribution is 6.44. The van der Waals surface area contributed by atoms with Crippen LogP contribution in [0.2, 0.25) is 20.2 Å². The molecule has 2 aromatic rings. The molecule has 0 bridgehead atoms. The highest BCUT2D eigenvalue weighted by Gasteiger charge is 2.08. The number of nitrogens with zero attached hydrogens (tertiary/aromatic N) is 1. The minimum Gasteiger partial charge on any atom is -0.245 e. The lowest BCUT2D eigenvalue weighted by molar-refractivity contribution is 1.33. The molecule has 1 heterocycles. The van der Waals surface area contributed by atoms with Gasteiger partial charge in [0.05, 0.1) is 10.0 Å². The fraction of sp³-hybridized carbons (Fsp3) is 0. The fourth-order valence-electron chi connectivity index (χ4n) is 1.31. The van der Waals surface area contributed by atoms with Crippen LogP contribution in [0.15, 0.2) is 30.5 Å². The van der Waals surface area contributed by atoms with Gasteiger partial charge in [0.2, 0.25) is 0 Å². The first-order chi connectivity index (χ1) is 7.58. The Labute approximate surface area is 113 Å². The van der Waals surface area contributed by atoms with Crippen molar-refractivity contribution in [2.45, 2.75) is 0 Å². The molecule has 0 saturated carbocycles. The minimum absolute atomic E-state index is 0.402. The molecular weight excluding hydrogens is 288 g/mol. The lowest BCUT2D eigenvalue weighted by atomic mass is 10.1. The van der Waals surface area contributed by atoms with Crippen molar-refractivity contribution >= 4 is 46.4 Å². The zero-order chi connectivity index (χ0) is 11.7. The molecule has 82 valence electrons. The van der Waals surface area contributed by atoms with E-state index in [1.54, 1.807) is 30.5 Å². The highest BCUT2D eigenvalue weighted by Crippen LogP contribution is 2.35. The van der Waals surface area contributed by atoms with Crippen LogP contribution in [0.4, 0.5) is 0 Å². The standard InChI is InChI=1S/C11H5Cl4N/c12-8-5-10(14)9(13)4-7(8)6-1-2-16-11(15)3-6/h1-5H. The summed E-state index contributed by atoms with van der Waals surface area (Å²) in [5.41, 5.74) is 1.63. The smallest absolute Gasteiger partial charge is 0.129 e. The zero-order valence-corrected chi connectivity index (χ0v) is 10.9. The Morgan fingerprint density at radius 1 is 0.812 bits per heavy atom. The average Bonchev–Trinajstić information content (AvgIpc) is 2.23. The first-order valence-corrected chi connectivity index (χ1v) is 5.85. The summed E-state index contributed by atoms with van der Waals surface area (Å²) >= 11 is 23.7. The molecule has 1 nitrogen and oxygen atoms in total. The summed E-state index contributed by atoms with van der Waals surface area (Å²) in [4.78, 5) is 3.90. The molecule has 0 radical (unpaired) electrons. The van der Waals surface area contributed by atoms with E-state index in [4.69, 9.17) is 46.4 Å². The molecule has 1 aromatic carbocycles. The summed E-state index contributed by atoms with van der Waals surface area (Å²) in [6.07, 6.45) is 1.61. The van der Waals surface area contributed by atoms with E-state index in [0.29, 0.717) is 20.2 Å². The van der Waals surface area contributed by atoms with Crippen LogP contribution in [-0.2, 0) is 0 Å². The molecule has 5 heteroatoms. The van der Waals surface area contributed by atoms with E-state index in [1.807, 2.05) is 0 Å². The van der Waals surface area contributed by atoms with Gasteiger partial charge in [-0.1, -0.05) is 46.4 Å². The summed E-state index contributed by atoms with van der Waals surface area (Å²) in [5, 5.41) is 1.81. The topological polar surface area (TPSA) is 12.9 Å². The first-order valence-electron chi connectivity index (χ1n) is 4.34. The number of benzene rings is 1. The quantitative estimate of drug-likeness (QED) is 0.509. The van der Waals surface area contributed by atoms with Crippen LogP contribution in [0, 0.1) is 0 Å². The molecule has 16 heavy (non-hydrogen) atoms. The summed E-state index contributed by atoms with van der Waals surface area (Å²) in [5.74, 6) is 0. The van der Waals surface area contributed by atoms with E-state index < -0.39 is 0 Å². The van der Waals surface area contributed by atoms with Gasteiger partial charge in [-0.3, -0.25) is 0 Å². The number of halogens is 4. The van der Waals surface area contributed by atoms with Crippen LogP contribution in [0.1, 0.15) is 0 Å². The van der Waals surface area contributed by atoms with E-state index in [1.165, 1.54) is 0 Å². The Balaban J connectivity index is 2.60. The summed E-state index contributed by atoms with van der Waals surface area (Å²) < 4.78 is 0. The van der Waals surface area contributed by atoms with Crippen molar-refractivity contribution in [2.24, 2.45) is 0 Å². The van der Waals surface area contributed by atoms with E-state index in [0.717, 1.165) is 11.1 Å². The van der Waals surface area contributed by atoms with Gasteiger partial charge >= 0.3 is 0 Å².